The van der Waals surface area contributed by atoms with E-state index >= 15 is 0 Å². The molecule has 0 N–H and O–H groups in total. The van der Waals surface area contributed by atoms with Gasteiger partial charge >= 0.3 is 5.76 Å². The number of nitrogens with zero attached hydrogens (tertiary/aromatic N) is 2. The number of aromatic nitrogens is 2. The maximum Gasteiger partial charge on any atom is 0.441 e. The standard InChI is InChI=1S/C14H16N2O4S/c17-14-16(9-11-5-4-8-21(18,19)10-11)13(15-20-14)12-6-2-1-3-7-12/h1-3,6-7,11H,4-5,8-10H2. The van der Waals surface area contributed by atoms with Crippen LogP contribution in [0.25, 0.3) is 11.4 Å². The number of sulfone groups is 1. The normalized spacial score (nSPS) is 21.2. The minimum atomic E-state index is -2.99. The fraction of sp³-hybridized carbons (Fsp3) is 0.429. The van der Waals surface area contributed by atoms with Gasteiger partial charge in [-0.3, -0.25) is 9.09 Å². The van der Waals surface area contributed by atoms with Crippen molar-refractivity contribution in [3.8, 4) is 11.4 Å². The van der Waals surface area contributed by atoms with Crippen LogP contribution in [-0.4, -0.2) is 29.6 Å². The van der Waals surface area contributed by atoms with Crippen molar-refractivity contribution in [1.29, 1.82) is 0 Å². The molecule has 21 heavy (non-hydrogen) atoms. The fourth-order valence-electron chi connectivity index (χ4n) is 2.74. The lowest BCUT2D eigenvalue weighted by atomic mass is 10.1. The van der Waals surface area contributed by atoms with Gasteiger partial charge in [0.2, 0.25) is 0 Å². The molecule has 1 aromatic carbocycles. The molecule has 0 spiro atoms. The summed E-state index contributed by atoms with van der Waals surface area (Å²) in [7, 11) is -2.99. The SMILES string of the molecule is O=c1onc(-c2ccccc2)n1CC1CCCS(=O)(=O)C1. The monoisotopic (exact) mass is 308 g/mol. The molecule has 0 saturated carbocycles. The third-order valence-corrected chi connectivity index (χ3v) is 5.61. The molecule has 0 amide bonds. The Labute approximate surface area is 122 Å². The predicted octanol–water partition coefficient (Wildman–Crippen LogP) is 1.33. The highest BCUT2D eigenvalue weighted by atomic mass is 32.2. The van der Waals surface area contributed by atoms with Crippen molar-refractivity contribution in [3.63, 3.8) is 0 Å². The maximum absolute atomic E-state index is 11.8. The van der Waals surface area contributed by atoms with Crippen molar-refractivity contribution in [2.75, 3.05) is 11.5 Å². The topological polar surface area (TPSA) is 82.2 Å². The smallest absolute Gasteiger partial charge is 0.295 e. The molecule has 0 bridgehead atoms. The molecular weight excluding hydrogens is 292 g/mol. The Kier molecular flexibility index (Phi) is 3.67. The third-order valence-electron chi connectivity index (χ3n) is 3.72. The van der Waals surface area contributed by atoms with Crippen molar-refractivity contribution < 1.29 is 12.9 Å². The summed E-state index contributed by atoms with van der Waals surface area (Å²) >= 11 is 0. The van der Waals surface area contributed by atoms with Gasteiger partial charge in [0.25, 0.3) is 0 Å². The minimum Gasteiger partial charge on any atom is -0.295 e. The number of benzene rings is 1. The van der Waals surface area contributed by atoms with Gasteiger partial charge < -0.3 is 0 Å². The Hall–Kier alpha value is -1.89. The lowest BCUT2D eigenvalue weighted by molar-refractivity contribution is 0.359. The van der Waals surface area contributed by atoms with Crippen molar-refractivity contribution >= 4 is 9.84 Å². The van der Waals surface area contributed by atoms with Crippen LogP contribution in [0.5, 0.6) is 0 Å². The zero-order valence-electron chi connectivity index (χ0n) is 11.4. The van der Waals surface area contributed by atoms with E-state index in [1.807, 2.05) is 30.3 Å². The second kappa shape index (κ2) is 5.48. The van der Waals surface area contributed by atoms with Gasteiger partial charge in [0.15, 0.2) is 15.7 Å². The molecule has 0 radical (unpaired) electrons. The lowest BCUT2D eigenvalue weighted by Crippen LogP contribution is -2.30. The molecule has 1 saturated heterocycles. The molecule has 3 rings (SSSR count). The Morgan fingerprint density at radius 3 is 2.76 bits per heavy atom. The van der Waals surface area contributed by atoms with Crippen LogP contribution in [0.15, 0.2) is 39.6 Å². The van der Waals surface area contributed by atoms with Crippen molar-refractivity contribution in [2.45, 2.75) is 19.4 Å². The largest absolute Gasteiger partial charge is 0.441 e. The highest BCUT2D eigenvalue weighted by Gasteiger charge is 2.26. The van der Waals surface area contributed by atoms with Crippen LogP contribution in [0.1, 0.15) is 12.8 Å². The van der Waals surface area contributed by atoms with Gasteiger partial charge in [-0.05, 0) is 18.8 Å². The average molecular weight is 308 g/mol. The first-order chi connectivity index (χ1) is 10.1. The Morgan fingerprint density at radius 1 is 1.29 bits per heavy atom. The second-order valence-electron chi connectivity index (χ2n) is 5.37. The predicted molar refractivity (Wildman–Crippen MR) is 77.6 cm³/mol. The second-order valence-corrected chi connectivity index (χ2v) is 7.60. The van der Waals surface area contributed by atoms with E-state index in [2.05, 4.69) is 5.16 Å². The van der Waals surface area contributed by atoms with E-state index in [0.717, 1.165) is 12.0 Å². The van der Waals surface area contributed by atoms with E-state index in [0.29, 0.717) is 18.8 Å². The van der Waals surface area contributed by atoms with Gasteiger partial charge in [0.1, 0.15) is 0 Å². The molecular formula is C14H16N2O4S. The van der Waals surface area contributed by atoms with Gasteiger partial charge in [-0.25, -0.2) is 13.2 Å². The summed E-state index contributed by atoms with van der Waals surface area (Å²) in [5.41, 5.74) is 0.780. The van der Waals surface area contributed by atoms with E-state index in [1.165, 1.54) is 4.57 Å². The van der Waals surface area contributed by atoms with Crippen LogP contribution < -0.4 is 5.76 Å². The minimum absolute atomic E-state index is 0.0664. The van der Waals surface area contributed by atoms with Crippen molar-refractivity contribution in [3.05, 3.63) is 40.9 Å². The molecule has 112 valence electrons. The van der Waals surface area contributed by atoms with Crippen LogP contribution in [-0.2, 0) is 16.4 Å². The Morgan fingerprint density at radius 2 is 2.05 bits per heavy atom. The molecule has 2 aromatic rings. The zero-order chi connectivity index (χ0) is 14.9. The fourth-order valence-corrected chi connectivity index (χ4v) is 4.51. The average Bonchev–Trinajstić information content (AvgIpc) is 2.80. The van der Waals surface area contributed by atoms with E-state index < -0.39 is 15.6 Å². The van der Waals surface area contributed by atoms with E-state index in [4.69, 9.17) is 4.52 Å². The molecule has 1 atom stereocenters. The molecule has 0 aliphatic carbocycles. The maximum atomic E-state index is 11.8. The molecule has 7 heteroatoms. The summed E-state index contributed by atoms with van der Waals surface area (Å²) in [5.74, 6) is 0.204. The first-order valence-corrected chi connectivity index (χ1v) is 8.70. The van der Waals surface area contributed by atoms with Gasteiger partial charge in [0.05, 0.1) is 11.5 Å². The summed E-state index contributed by atoms with van der Waals surface area (Å²) in [6, 6.07) is 9.25. The van der Waals surface area contributed by atoms with Crippen molar-refractivity contribution in [1.82, 2.24) is 9.72 Å². The highest BCUT2D eigenvalue weighted by Crippen LogP contribution is 2.22. The molecule has 1 fully saturated rings. The molecule has 1 aromatic heterocycles. The van der Waals surface area contributed by atoms with E-state index in [1.54, 1.807) is 0 Å². The van der Waals surface area contributed by atoms with Gasteiger partial charge in [-0.1, -0.05) is 35.5 Å². The quantitative estimate of drug-likeness (QED) is 0.854. The van der Waals surface area contributed by atoms with Crippen LogP contribution in [0.4, 0.5) is 0 Å². The first-order valence-electron chi connectivity index (χ1n) is 6.87. The highest BCUT2D eigenvalue weighted by molar-refractivity contribution is 7.91. The summed E-state index contributed by atoms with van der Waals surface area (Å²) in [5, 5.41) is 3.81. The summed E-state index contributed by atoms with van der Waals surface area (Å²) < 4.78 is 29.6. The van der Waals surface area contributed by atoms with E-state index in [9.17, 15) is 13.2 Å². The summed E-state index contributed by atoms with van der Waals surface area (Å²) in [6.07, 6.45) is 1.44. The number of hydrogen-bond acceptors (Lipinski definition) is 5. The van der Waals surface area contributed by atoms with Crippen LogP contribution in [0.3, 0.4) is 0 Å². The van der Waals surface area contributed by atoms with Gasteiger partial charge in [0, 0.05) is 12.1 Å². The molecule has 1 aliphatic rings. The first kappa shape index (κ1) is 14.1. The van der Waals surface area contributed by atoms with E-state index in [-0.39, 0.29) is 17.4 Å². The molecule has 6 nitrogen and oxygen atoms in total. The van der Waals surface area contributed by atoms with Gasteiger partial charge in [-0.15, -0.1) is 0 Å². The molecule has 2 heterocycles. The Balaban J connectivity index is 1.90. The van der Waals surface area contributed by atoms with Crippen LogP contribution in [0.2, 0.25) is 0 Å². The lowest BCUT2D eigenvalue weighted by Gasteiger charge is -2.21. The summed E-state index contributed by atoms with van der Waals surface area (Å²) in [6.45, 7) is 0.325. The zero-order valence-corrected chi connectivity index (χ0v) is 12.3. The van der Waals surface area contributed by atoms with Crippen LogP contribution >= 0.6 is 0 Å². The van der Waals surface area contributed by atoms with Crippen molar-refractivity contribution in [2.24, 2.45) is 5.92 Å². The molecule has 1 unspecified atom stereocenters. The van der Waals surface area contributed by atoms with Gasteiger partial charge in [-0.2, -0.15) is 0 Å². The summed E-state index contributed by atoms with van der Waals surface area (Å²) in [4.78, 5) is 11.8. The van der Waals surface area contributed by atoms with Crippen LogP contribution in [0, 0.1) is 5.92 Å². The third kappa shape index (κ3) is 3.07. The Bertz CT molecular complexity index is 777. The number of hydrogen-bond donors (Lipinski definition) is 0. The number of rotatable bonds is 3. The molecule has 1 aliphatic heterocycles.